The molecule has 0 amide bonds. The second-order valence-electron chi connectivity index (χ2n) is 6.57. The first kappa shape index (κ1) is 20.9. The van der Waals surface area contributed by atoms with E-state index < -0.39 is 32.6 Å². The van der Waals surface area contributed by atoms with Crippen molar-refractivity contribution in [2.75, 3.05) is 11.8 Å². The van der Waals surface area contributed by atoms with Gasteiger partial charge in [-0.1, -0.05) is 17.7 Å². The number of aromatic hydroxyl groups is 1. The van der Waals surface area contributed by atoms with E-state index in [0.717, 1.165) is 18.2 Å². The molecule has 0 radical (unpaired) electrons. The minimum absolute atomic E-state index is 0.0237. The Morgan fingerprint density at radius 3 is 2.74 bits per heavy atom. The van der Waals surface area contributed by atoms with E-state index >= 15 is 0 Å². The Balaban J connectivity index is 2.00. The summed E-state index contributed by atoms with van der Waals surface area (Å²) in [6, 6.07) is 7.68. The number of ether oxygens (including phenoxy) is 2. The number of carbonyl (C=O) groups excluding carboxylic acids is 1. The van der Waals surface area contributed by atoms with Gasteiger partial charge in [-0.3, -0.25) is 4.72 Å². The van der Waals surface area contributed by atoms with E-state index in [-0.39, 0.29) is 28.6 Å². The van der Waals surface area contributed by atoms with E-state index in [2.05, 4.69) is 9.71 Å². The van der Waals surface area contributed by atoms with Crippen LogP contribution in [0.1, 0.15) is 15.9 Å². The molecule has 1 aliphatic heterocycles. The van der Waals surface area contributed by atoms with Gasteiger partial charge < -0.3 is 14.6 Å². The summed E-state index contributed by atoms with van der Waals surface area (Å²) in [4.78, 5) is 15.5. The van der Waals surface area contributed by atoms with Crippen LogP contribution in [-0.4, -0.2) is 31.6 Å². The zero-order valence-electron chi connectivity index (χ0n) is 15.8. The van der Waals surface area contributed by atoms with Crippen LogP contribution in [0.3, 0.4) is 0 Å². The number of aromatic nitrogens is 1. The van der Waals surface area contributed by atoms with Crippen molar-refractivity contribution in [3.8, 4) is 22.6 Å². The van der Waals surface area contributed by atoms with Gasteiger partial charge in [0.25, 0.3) is 10.0 Å². The van der Waals surface area contributed by atoms with Crippen LogP contribution in [0.2, 0.25) is 5.02 Å². The molecule has 0 spiro atoms. The van der Waals surface area contributed by atoms with Crippen LogP contribution >= 0.6 is 11.6 Å². The highest BCUT2D eigenvalue weighted by molar-refractivity contribution is 7.92. The molecule has 0 atom stereocenters. The Kier molecular flexibility index (Phi) is 5.19. The van der Waals surface area contributed by atoms with Crippen LogP contribution in [-0.2, 0) is 21.4 Å². The lowest BCUT2D eigenvalue weighted by molar-refractivity contribution is 0.0472. The fourth-order valence-corrected chi connectivity index (χ4v) is 4.60. The molecule has 4 bridgehead atoms. The number of sulfonamides is 1. The van der Waals surface area contributed by atoms with Gasteiger partial charge in [-0.05, 0) is 35.4 Å². The zero-order chi connectivity index (χ0) is 22.3. The quantitative estimate of drug-likeness (QED) is 0.416. The molecular formula is C20H14ClFN2O6S. The number of carbonyl (C=O) groups is 1. The Bertz CT molecular complexity index is 1330. The van der Waals surface area contributed by atoms with Crippen LogP contribution in [0, 0.1) is 5.95 Å². The number of hydrogen-bond acceptors (Lipinski definition) is 7. The number of halogens is 2. The lowest BCUT2D eigenvalue weighted by atomic mass is 10.0. The average Bonchev–Trinajstić information content (AvgIpc) is 2.73. The minimum atomic E-state index is -4.41. The van der Waals surface area contributed by atoms with Crippen LogP contribution in [0.5, 0.6) is 11.5 Å². The molecule has 4 rings (SSSR count). The maximum Gasteiger partial charge on any atom is 0.338 e. The fraction of sp³-hybridized carbons (Fsp3) is 0.100. The third-order valence-electron chi connectivity index (χ3n) is 4.62. The molecule has 0 saturated heterocycles. The summed E-state index contributed by atoms with van der Waals surface area (Å²) < 4.78 is 52.7. The van der Waals surface area contributed by atoms with Crippen molar-refractivity contribution in [2.24, 2.45) is 0 Å². The lowest BCUT2D eigenvalue weighted by Gasteiger charge is -2.15. The summed E-state index contributed by atoms with van der Waals surface area (Å²) >= 11 is 5.95. The molecule has 0 saturated carbocycles. The molecule has 1 aliphatic rings. The summed E-state index contributed by atoms with van der Waals surface area (Å²) in [6.07, 6.45) is 1.22. The fourth-order valence-electron chi connectivity index (χ4n) is 3.12. The molecule has 31 heavy (non-hydrogen) atoms. The Labute approximate surface area is 181 Å². The van der Waals surface area contributed by atoms with Crippen LogP contribution < -0.4 is 9.46 Å². The number of fused-ring (bicyclic) bond motifs is 6. The molecule has 1 aromatic heterocycles. The van der Waals surface area contributed by atoms with E-state index in [4.69, 9.17) is 21.1 Å². The highest BCUT2D eigenvalue weighted by Gasteiger charge is 2.26. The molecule has 0 aliphatic carbocycles. The highest BCUT2D eigenvalue weighted by Crippen LogP contribution is 2.38. The topological polar surface area (TPSA) is 115 Å². The SMILES string of the molecule is COc1ccc2cc1NS(=O)(=O)c1cc(cc(Cl)c1O)C(=O)OCc1cnc(F)cc1-2. The molecule has 2 heterocycles. The monoisotopic (exact) mass is 464 g/mol. The van der Waals surface area contributed by atoms with Crippen LogP contribution in [0.25, 0.3) is 11.1 Å². The predicted molar refractivity (Wildman–Crippen MR) is 109 cm³/mol. The van der Waals surface area contributed by atoms with Gasteiger partial charge in [0.1, 0.15) is 17.3 Å². The van der Waals surface area contributed by atoms with Gasteiger partial charge in [-0.15, -0.1) is 0 Å². The van der Waals surface area contributed by atoms with Gasteiger partial charge >= 0.3 is 5.97 Å². The molecule has 0 fully saturated rings. The third kappa shape index (κ3) is 3.87. The number of cyclic esters (lactones) is 1. The Morgan fingerprint density at radius 2 is 2.00 bits per heavy atom. The number of esters is 1. The van der Waals surface area contributed by atoms with Gasteiger partial charge in [-0.25, -0.2) is 18.2 Å². The number of pyridine rings is 1. The largest absolute Gasteiger partial charge is 0.505 e. The number of methoxy groups -OCH3 is 1. The number of anilines is 1. The number of nitrogens with zero attached hydrogens (tertiary/aromatic N) is 1. The summed E-state index contributed by atoms with van der Waals surface area (Å²) in [5.74, 6) is -2.22. The Morgan fingerprint density at radius 1 is 1.23 bits per heavy atom. The smallest absolute Gasteiger partial charge is 0.338 e. The number of nitrogens with one attached hydrogen (secondary N) is 1. The number of phenolic OH excluding ortho intramolecular Hbond substituents is 1. The molecule has 2 N–H and O–H groups in total. The molecule has 160 valence electrons. The van der Waals surface area contributed by atoms with Crippen molar-refractivity contribution in [1.29, 1.82) is 0 Å². The Hall–Kier alpha value is -3.37. The summed E-state index contributed by atoms with van der Waals surface area (Å²) in [6.45, 7) is -0.267. The predicted octanol–water partition coefficient (Wildman–Crippen LogP) is 3.73. The standard InChI is InChI=1S/C20H14ClFN2O6S/c1-29-16-3-2-10-5-15(16)24-31(27,28)17-6-11(4-14(21)19(17)25)20(26)30-9-12-8-23-18(22)7-13(10)12/h2-8,24-25H,9H2,1H3. The van der Waals surface area contributed by atoms with Crippen molar-refractivity contribution < 1.29 is 32.2 Å². The van der Waals surface area contributed by atoms with Crippen molar-refractivity contribution >= 4 is 33.3 Å². The normalized spacial score (nSPS) is 14.7. The van der Waals surface area contributed by atoms with Crippen molar-refractivity contribution in [3.63, 3.8) is 0 Å². The highest BCUT2D eigenvalue weighted by atomic mass is 35.5. The third-order valence-corrected chi connectivity index (χ3v) is 6.29. The van der Waals surface area contributed by atoms with Gasteiger partial charge in [0.2, 0.25) is 5.95 Å². The van der Waals surface area contributed by atoms with Crippen molar-refractivity contribution in [3.05, 3.63) is 64.7 Å². The van der Waals surface area contributed by atoms with E-state index in [1.54, 1.807) is 6.07 Å². The maximum atomic E-state index is 13.9. The maximum absolute atomic E-state index is 13.9. The first-order chi connectivity index (χ1) is 14.7. The molecule has 8 nitrogen and oxygen atoms in total. The van der Waals surface area contributed by atoms with E-state index in [0.29, 0.717) is 16.7 Å². The van der Waals surface area contributed by atoms with Gasteiger partial charge in [-0.2, -0.15) is 4.39 Å². The molecule has 0 unspecified atom stereocenters. The number of benzene rings is 2. The van der Waals surface area contributed by atoms with E-state index in [1.807, 2.05) is 0 Å². The van der Waals surface area contributed by atoms with E-state index in [1.165, 1.54) is 25.4 Å². The average molecular weight is 465 g/mol. The zero-order valence-corrected chi connectivity index (χ0v) is 17.4. The minimum Gasteiger partial charge on any atom is -0.505 e. The number of rotatable bonds is 1. The van der Waals surface area contributed by atoms with Crippen molar-refractivity contribution in [1.82, 2.24) is 4.98 Å². The number of hydrogen-bond donors (Lipinski definition) is 2. The van der Waals surface area contributed by atoms with Gasteiger partial charge in [0, 0.05) is 17.8 Å². The van der Waals surface area contributed by atoms with E-state index in [9.17, 15) is 22.7 Å². The van der Waals surface area contributed by atoms with Crippen LogP contribution in [0.15, 0.2) is 47.5 Å². The molecular weight excluding hydrogens is 451 g/mol. The second kappa shape index (κ2) is 7.71. The molecule has 11 heteroatoms. The molecule has 3 aromatic rings. The summed E-state index contributed by atoms with van der Waals surface area (Å²) in [5.41, 5.74) is 0.973. The molecule has 2 aromatic carbocycles. The summed E-state index contributed by atoms with van der Waals surface area (Å²) in [5, 5.41) is 9.88. The first-order valence-corrected chi connectivity index (χ1v) is 10.6. The number of phenols is 1. The first-order valence-electron chi connectivity index (χ1n) is 8.75. The van der Waals surface area contributed by atoms with Crippen LogP contribution in [0.4, 0.5) is 10.1 Å². The van der Waals surface area contributed by atoms with Crippen molar-refractivity contribution in [2.45, 2.75) is 11.5 Å². The summed E-state index contributed by atoms with van der Waals surface area (Å²) in [7, 11) is -3.06. The lowest BCUT2D eigenvalue weighted by Crippen LogP contribution is -2.15. The van der Waals surface area contributed by atoms with Gasteiger partial charge in [0.05, 0.1) is 23.4 Å². The second-order valence-corrected chi connectivity index (χ2v) is 8.62. The van der Waals surface area contributed by atoms with Gasteiger partial charge in [0.15, 0.2) is 5.75 Å².